The molecule has 3 N–H and O–H groups in total. The molecular formula is C16H18N2O2. The van der Waals surface area contributed by atoms with Gasteiger partial charge in [-0.1, -0.05) is 36.4 Å². The number of amides is 1. The van der Waals surface area contributed by atoms with Gasteiger partial charge >= 0.3 is 0 Å². The van der Waals surface area contributed by atoms with Crippen LogP contribution in [0.25, 0.3) is 0 Å². The van der Waals surface area contributed by atoms with Crippen molar-refractivity contribution in [3.63, 3.8) is 0 Å². The van der Waals surface area contributed by atoms with Crippen LogP contribution in [-0.4, -0.2) is 12.5 Å². The van der Waals surface area contributed by atoms with Gasteiger partial charge in [0.15, 0.2) is 0 Å². The van der Waals surface area contributed by atoms with E-state index in [0.717, 1.165) is 16.8 Å². The predicted molar refractivity (Wildman–Crippen MR) is 80.3 cm³/mol. The fourth-order valence-corrected chi connectivity index (χ4v) is 1.80. The average molecular weight is 270 g/mol. The van der Waals surface area contributed by atoms with Crippen molar-refractivity contribution in [3.8, 4) is 0 Å². The third kappa shape index (κ3) is 4.10. The number of rotatable bonds is 5. The van der Waals surface area contributed by atoms with Crippen molar-refractivity contribution in [2.75, 3.05) is 17.7 Å². The Bertz CT molecular complexity index is 582. The summed E-state index contributed by atoms with van der Waals surface area (Å²) in [5.41, 5.74) is 9.05. The van der Waals surface area contributed by atoms with Crippen LogP contribution in [-0.2, 0) is 16.1 Å². The number of hydrogen-bond acceptors (Lipinski definition) is 3. The molecule has 0 aliphatic carbocycles. The number of anilines is 2. The highest BCUT2D eigenvalue weighted by atomic mass is 16.5. The second kappa shape index (κ2) is 6.73. The first-order valence-corrected chi connectivity index (χ1v) is 6.43. The van der Waals surface area contributed by atoms with E-state index in [1.54, 1.807) is 12.1 Å². The first-order valence-electron chi connectivity index (χ1n) is 6.43. The first kappa shape index (κ1) is 14.1. The van der Waals surface area contributed by atoms with Crippen molar-refractivity contribution < 1.29 is 9.53 Å². The van der Waals surface area contributed by atoms with E-state index < -0.39 is 0 Å². The van der Waals surface area contributed by atoms with Gasteiger partial charge in [-0.15, -0.1) is 0 Å². The van der Waals surface area contributed by atoms with Crippen LogP contribution in [0.15, 0.2) is 48.5 Å². The van der Waals surface area contributed by atoms with Crippen molar-refractivity contribution in [1.29, 1.82) is 0 Å². The van der Waals surface area contributed by atoms with Crippen molar-refractivity contribution in [2.24, 2.45) is 0 Å². The fourth-order valence-electron chi connectivity index (χ4n) is 1.80. The smallest absolute Gasteiger partial charge is 0.250 e. The maximum atomic E-state index is 11.8. The zero-order valence-electron chi connectivity index (χ0n) is 11.4. The lowest BCUT2D eigenvalue weighted by Crippen LogP contribution is -2.18. The molecule has 0 unspecified atom stereocenters. The molecule has 0 bridgehead atoms. The number of benzene rings is 2. The Labute approximate surface area is 118 Å². The number of nitrogen functional groups attached to an aromatic ring is 1. The van der Waals surface area contributed by atoms with E-state index in [-0.39, 0.29) is 12.5 Å². The minimum atomic E-state index is -0.186. The van der Waals surface area contributed by atoms with Gasteiger partial charge in [0.2, 0.25) is 5.91 Å². The summed E-state index contributed by atoms with van der Waals surface area (Å²) in [6.07, 6.45) is 0. The van der Waals surface area contributed by atoms with Gasteiger partial charge in [-0.25, -0.2) is 0 Å². The van der Waals surface area contributed by atoms with E-state index in [9.17, 15) is 4.79 Å². The van der Waals surface area contributed by atoms with E-state index in [4.69, 9.17) is 10.5 Å². The minimum absolute atomic E-state index is 0.0170. The molecule has 0 saturated carbocycles. The van der Waals surface area contributed by atoms with Gasteiger partial charge in [-0.3, -0.25) is 4.79 Å². The Morgan fingerprint density at radius 2 is 1.95 bits per heavy atom. The summed E-state index contributed by atoms with van der Waals surface area (Å²) in [4.78, 5) is 11.8. The highest BCUT2D eigenvalue weighted by Crippen LogP contribution is 2.17. The lowest BCUT2D eigenvalue weighted by Gasteiger charge is -2.09. The summed E-state index contributed by atoms with van der Waals surface area (Å²) >= 11 is 0. The quantitative estimate of drug-likeness (QED) is 0.821. The molecule has 20 heavy (non-hydrogen) atoms. The third-order valence-corrected chi connectivity index (χ3v) is 2.88. The van der Waals surface area contributed by atoms with Crippen molar-refractivity contribution in [3.05, 3.63) is 59.7 Å². The van der Waals surface area contributed by atoms with Crippen LogP contribution in [0.5, 0.6) is 0 Å². The Morgan fingerprint density at radius 3 is 2.70 bits per heavy atom. The summed E-state index contributed by atoms with van der Waals surface area (Å²) in [6.45, 7) is 2.35. The van der Waals surface area contributed by atoms with E-state index in [0.29, 0.717) is 12.3 Å². The largest absolute Gasteiger partial charge is 0.399 e. The van der Waals surface area contributed by atoms with Gasteiger partial charge in [0, 0.05) is 11.4 Å². The van der Waals surface area contributed by atoms with Gasteiger partial charge in [-0.2, -0.15) is 0 Å². The number of carbonyl (C=O) groups excluding carboxylic acids is 1. The van der Waals surface area contributed by atoms with Crippen LogP contribution in [0.2, 0.25) is 0 Å². The normalized spacial score (nSPS) is 10.2. The third-order valence-electron chi connectivity index (χ3n) is 2.88. The Kier molecular flexibility index (Phi) is 4.74. The summed E-state index contributed by atoms with van der Waals surface area (Å²) in [6, 6.07) is 15.2. The summed E-state index contributed by atoms with van der Waals surface area (Å²) in [7, 11) is 0. The van der Waals surface area contributed by atoms with E-state index in [2.05, 4.69) is 5.32 Å². The maximum absolute atomic E-state index is 11.8. The van der Waals surface area contributed by atoms with Crippen molar-refractivity contribution in [2.45, 2.75) is 13.5 Å². The monoisotopic (exact) mass is 270 g/mol. The number of nitrogens with one attached hydrogen (secondary N) is 1. The van der Waals surface area contributed by atoms with Gasteiger partial charge in [0.1, 0.15) is 6.61 Å². The molecule has 4 heteroatoms. The number of hydrogen-bond donors (Lipinski definition) is 2. The van der Waals surface area contributed by atoms with Crippen molar-refractivity contribution in [1.82, 2.24) is 0 Å². The summed E-state index contributed by atoms with van der Waals surface area (Å²) < 4.78 is 5.38. The SMILES string of the molecule is Cc1ccc(N)cc1NC(=O)COCc1ccccc1. The molecule has 0 aromatic heterocycles. The van der Waals surface area contributed by atoms with Gasteiger partial charge in [0.05, 0.1) is 6.61 Å². The maximum Gasteiger partial charge on any atom is 0.250 e. The molecule has 1 amide bonds. The molecule has 0 heterocycles. The lowest BCUT2D eigenvalue weighted by molar-refractivity contribution is -0.121. The molecule has 0 aliphatic heterocycles. The van der Waals surface area contributed by atoms with E-state index in [1.807, 2.05) is 43.3 Å². The topological polar surface area (TPSA) is 64.3 Å². The first-order chi connectivity index (χ1) is 9.65. The molecule has 2 aromatic carbocycles. The molecule has 0 saturated heterocycles. The highest BCUT2D eigenvalue weighted by molar-refractivity contribution is 5.92. The van der Waals surface area contributed by atoms with Gasteiger partial charge in [0.25, 0.3) is 0 Å². The molecule has 104 valence electrons. The molecule has 4 nitrogen and oxygen atoms in total. The molecule has 0 radical (unpaired) electrons. The molecule has 2 aromatic rings. The molecule has 0 fully saturated rings. The molecular weight excluding hydrogens is 252 g/mol. The number of ether oxygens (including phenoxy) is 1. The number of nitrogens with two attached hydrogens (primary N) is 1. The van der Waals surface area contributed by atoms with Crippen LogP contribution in [0.3, 0.4) is 0 Å². The van der Waals surface area contributed by atoms with E-state index in [1.165, 1.54) is 0 Å². The second-order valence-corrected chi connectivity index (χ2v) is 4.60. The molecule has 0 atom stereocenters. The van der Waals surface area contributed by atoms with Crippen LogP contribution in [0.1, 0.15) is 11.1 Å². The van der Waals surface area contributed by atoms with Crippen LogP contribution < -0.4 is 11.1 Å². The molecule has 0 spiro atoms. The lowest BCUT2D eigenvalue weighted by atomic mass is 10.2. The van der Waals surface area contributed by atoms with Crippen LogP contribution >= 0.6 is 0 Å². The average Bonchev–Trinajstić information content (AvgIpc) is 2.44. The standard InChI is InChI=1S/C16H18N2O2/c1-12-7-8-14(17)9-15(12)18-16(19)11-20-10-13-5-3-2-4-6-13/h2-9H,10-11,17H2,1H3,(H,18,19). The Morgan fingerprint density at radius 1 is 1.20 bits per heavy atom. The molecule has 2 rings (SSSR count). The summed E-state index contributed by atoms with van der Waals surface area (Å²) in [5.74, 6) is -0.186. The van der Waals surface area contributed by atoms with Crippen molar-refractivity contribution >= 4 is 17.3 Å². The van der Waals surface area contributed by atoms with Gasteiger partial charge in [-0.05, 0) is 30.2 Å². The Balaban J connectivity index is 1.82. The molecule has 0 aliphatic rings. The van der Waals surface area contributed by atoms with Crippen LogP contribution in [0.4, 0.5) is 11.4 Å². The van der Waals surface area contributed by atoms with E-state index >= 15 is 0 Å². The summed E-state index contributed by atoms with van der Waals surface area (Å²) in [5, 5.41) is 2.79. The minimum Gasteiger partial charge on any atom is -0.399 e. The fraction of sp³-hybridized carbons (Fsp3) is 0.188. The zero-order chi connectivity index (χ0) is 14.4. The second-order valence-electron chi connectivity index (χ2n) is 4.60. The number of carbonyl (C=O) groups is 1. The Hall–Kier alpha value is -2.33. The number of aryl methyl sites for hydroxylation is 1. The predicted octanol–water partition coefficient (Wildman–Crippen LogP) is 2.73. The zero-order valence-corrected chi connectivity index (χ0v) is 11.4. The highest BCUT2D eigenvalue weighted by Gasteiger charge is 2.05. The van der Waals surface area contributed by atoms with Crippen LogP contribution in [0, 0.1) is 6.92 Å². The van der Waals surface area contributed by atoms with Gasteiger partial charge < -0.3 is 15.8 Å².